The second-order valence-electron chi connectivity index (χ2n) is 7.22. The molecule has 4 rings (SSSR count). The topological polar surface area (TPSA) is 69.9 Å². The lowest BCUT2D eigenvalue weighted by atomic mass is 9.99. The molecule has 2 aliphatic heterocycles. The number of rotatable bonds is 7. The molecule has 0 fully saturated rings. The van der Waals surface area contributed by atoms with Crippen LogP contribution in [0, 0.1) is 0 Å². The average molecular weight is 400 g/mol. The molecule has 0 saturated carbocycles. The van der Waals surface area contributed by atoms with Gasteiger partial charge in [-0.25, -0.2) is 14.8 Å². The van der Waals surface area contributed by atoms with Crippen LogP contribution >= 0.6 is 0 Å². The first-order valence-electron chi connectivity index (χ1n) is 10.1. The van der Waals surface area contributed by atoms with Crippen molar-refractivity contribution >= 4 is 5.97 Å². The number of ether oxygens (including phenoxy) is 1. The minimum Gasteiger partial charge on any atom is -0.465 e. The zero-order chi connectivity index (χ0) is 20.9. The van der Waals surface area contributed by atoms with E-state index in [4.69, 9.17) is 4.74 Å². The Bertz CT molecular complexity index is 1120. The molecule has 0 bridgehead atoms. The highest BCUT2D eigenvalue weighted by atomic mass is 16.5. The van der Waals surface area contributed by atoms with Gasteiger partial charge in [-0.15, -0.1) is 0 Å². The van der Waals surface area contributed by atoms with Crippen LogP contribution in [0.15, 0.2) is 60.9 Å². The Kier molecular flexibility index (Phi) is 5.84. The molecule has 6 nitrogen and oxygen atoms in total. The van der Waals surface area contributed by atoms with E-state index in [1.54, 1.807) is 12.3 Å². The Balaban J connectivity index is 1.53. The summed E-state index contributed by atoms with van der Waals surface area (Å²) in [5.74, 6) is 0.553. The van der Waals surface area contributed by atoms with Gasteiger partial charge in [0.2, 0.25) is 0 Å². The Morgan fingerprint density at radius 3 is 2.57 bits per heavy atom. The Labute approximate surface area is 175 Å². The molecule has 0 saturated heterocycles. The molecule has 0 radical (unpaired) electrons. The van der Waals surface area contributed by atoms with E-state index >= 15 is 0 Å². The Morgan fingerprint density at radius 2 is 1.80 bits per heavy atom. The molecule has 0 atom stereocenters. The van der Waals surface area contributed by atoms with Crippen molar-refractivity contribution in [3.8, 4) is 22.5 Å². The number of methoxy groups -OCH3 is 1. The van der Waals surface area contributed by atoms with Gasteiger partial charge in [0.25, 0.3) is 0 Å². The molecular weight excluding hydrogens is 376 g/mol. The number of esters is 1. The maximum Gasteiger partial charge on any atom is 0.338 e. The van der Waals surface area contributed by atoms with Gasteiger partial charge in [0, 0.05) is 6.42 Å². The molecule has 0 amide bonds. The summed E-state index contributed by atoms with van der Waals surface area (Å²) < 4.78 is 6.77. The van der Waals surface area contributed by atoms with Crippen LogP contribution in [0.4, 0.5) is 0 Å². The average Bonchev–Trinajstić information content (AvgIpc) is 3.20. The fraction of sp³-hybridized carbons (Fsp3) is 0.250. The molecule has 2 aromatic carbocycles. The maximum absolute atomic E-state index is 12.0. The fourth-order valence-corrected chi connectivity index (χ4v) is 3.44. The predicted octanol–water partition coefficient (Wildman–Crippen LogP) is 4.62. The molecule has 0 spiro atoms. The fourth-order valence-electron chi connectivity index (χ4n) is 3.44. The molecular formula is C24H24N4O2. The molecule has 0 aliphatic carbocycles. The van der Waals surface area contributed by atoms with Gasteiger partial charge in [-0.3, -0.25) is 4.68 Å². The van der Waals surface area contributed by atoms with Crippen molar-refractivity contribution in [2.75, 3.05) is 7.11 Å². The quantitative estimate of drug-likeness (QED) is 0.423. The number of fused-ring (bicyclic) bond motifs is 1. The highest BCUT2D eigenvalue weighted by Gasteiger charge is 2.13. The lowest BCUT2D eigenvalue weighted by Gasteiger charge is -2.10. The van der Waals surface area contributed by atoms with E-state index in [1.165, 1.54) is 7.11 Å². The van der Waals surface area contributed by atoms with E-state index in [0.29, 0.717) is 12.1 Å². The third-order valence-electron chi connectivity index (χ3n) is 5.06. The van der Waals surface area contributed by atoms with E-state index in [0.717, 1.165) is 53.2 Å². The number of unbranched alkanes of at least 4 members (excludes halogenated alkanes) is 1. The molecule has 6 heteroatoms. The minimum absolute atomic E-state index is 0.336. The lowest BCUT2D eigenvalue weighted by Crippen LogP contribution is -2.06. The zero-order valence-electron chi connectivity index (χ0n) is 17.2. The normalized spacial score (nSPS) is 11.0. The summed E-state index contributed by atoms with van der Waals surface area (Å²) in [7, 11) is 1.40. The second kappa shape index (κ2) is 8.86. The summed E-state index contributed by atoms with van der Waals surface area (Å²) >= 11 is 0. The van der Waals surface area contributed by atoms with Gasteiger partial charge in [0.15, 0.2) is 0 Å². The largest absolute Gasteiger partial charge is 0.465 e. The summed E-state index contributed by atoms with van der Waals surface area (Å²) in [6.45, 7) is 2.80. The number of imidazole rings is 1. The molecule has 0 aromatic heterocycles. The third kappa shape index (κ3) is 4.22. The van der Waals surface area contributed by atoms with E-state index in [1.807, 2.05) is 53.3 Å². The smallest absolute Gasteiger partial charge is 0.338 e. The Hall–Kier alpha value is -3.54. The van der Waals surface area contributed by atoms with E-state index in [9.17, 15) is 4.79 Å². The van der Waals surface area contributed by atoms with Crippen LogP contribution in [0.3, 0.4) is 0 Å². The molecule has 152 valence electrons. The van der Waals surface area contributed by atoms with Gasteiger partial charge in [-0.2, -0.15) is 5.10 Å². The van der Waals surface area contributed by atoms with Crippen molar-refractivity contribution in [3.63, 3.8) is 0 Å². The first kappa shape index (κ1) is 19.8. The van der Waals surface area contributed by atoms with Crippen molar-refractivity contribution in [2.45, 2.75) is 32.7 Å². The van der Waals surface area contributed by atoms with Gasteiger partial charge < -0.3 is 4.74 Å². The van der Waals surface area contributed by atoms with Crippen LogP contribution in [0.25, 0.3) is 22.5 Å². The van der Waals surface area contributed by atoms with E-state index in [-0.39, 0.29) is 5.97 Å². The van der Waals surface area contributed by atoms with Gasteiger partial charge in [-0.05, 0) is 29.2 Å². The number of carbonyl (C=O) groups excluding carboxylic acids is 1. The summed E-state index contributed by atoms with van der Waals surface area (Å²) in [6, 6.07) is 15.6. The van der Waals surface area contributed by atoms with Crippen LogP contribution < -0.4 is 0 Å². The first-order chi connectivity index (χ1) is 14.7. The maximum atomic E-state index is 12.0. The van der Waals surface area contributed by atoms with Gasteiger partial charge in [0.05, 0.1) is 31.6 Å². The van der Waals surface area contributed by atoms with Crippen LogP contribution in [-0.4, -0.2) is 32.8 Å². The minimum atomic E-state index is -0.336. The highest BCUT2D eigenvalue weighted by molar-refractivity contribution is 5.97. The monoisotopic (exact) mass is 400 g/mol. The number of hydrogen-bond donors (Lipinski definition) is 0. The highest BCUT2D eigenvalue weighted by Crippen LogP contribution is 2.25. The molecule has 0 N–H and O–H groups in total. The number of nitrogens with zero attached hydrogens (tertiary/aromatic N) is 4. The van der Waals surface area contributed by atoms with Gasteiger partial charge >= 0.3 is 5.97 Å². The van der Waals surface area contributed by atoms with Crippen molar-refractivity contribution in [1.82, 2.24) is 19.7 Å². The summed E-state index contributed by atoms with van der Waals surface area (Å²) in [5, 5.41) is 4.48. The first-order valence-corrected chi connectivity index (χ1v) is 10.1. The number of hydrogen-bond acceptors (Lipinski definition) is 5. The lowest BCUT2D eigenvalue weighted by molar-refractivity contribution is 0.0601. The number of aryl methyl sites for hydroxylation is 1. The van der Waals surface area contributed by atoms with Crippen molar-refractivity contribution in [1.29, 1.82) is 0 Å². The number of carbonyl (C=O) groups is 1. The Morgan fingerprint density at radius 1 is 1.03 bits per heavy atom. The van der Waals surface area contributed by atoms with Crippen molar-refractivity contribution < 1.29 is 9.53 Å². The summed E-state index contributed by atoms with van der Waals surface area (Å²) in [4.78, 5) is 21.2. The van der Waals surface area contributed by atoms with Crippen LogP contribution in [0.1, 0.15) is 41.5 Å². The summed E-state index contributed by atoms with van der Waals surface area (Å²) in [6.07, 6.45) is 6.84. The molecule has 2 aliphatic rings. The van der Waals surface area contributed by atoms with Gasteiger partial charge in [0.1, 0.15) is 17.2 Å². The van der Waals surface area contributed by atoms with E-state index in [2.05, 4.69) is 22.0 Å². The van der Waals surface area contributed by atoms with Gasteiger partial charge in [-0.1, -0.05) is 55.8 Å². The van der Waals surface area contributed by atoms with E-state index < -0.39 is 0 Å². The molecule has 2 aromatic rings. The number of benzene rings is 2. The molecule has 0 unspecified atom stereocenters. The molecule has 2 heterocycles. The third-order valence-corrected chi connectivity index (χ3v) is 5.06. The number of aromatic nitrogens is 4. The SMILES string of the molecule is CCCCc1nc2cnn(Cc3ccc(-c4ccccc4C(=O)OC)cc3)cc-2n1. The van der Waals surface area contributed by atoms with Crippen molar-refractivity contribution in [2.24, 2.45) is 0 Å². The predicted molar refractivity (Wildman–Crippen MR) is 115 cm³/mol. The summed E-state index contributed by atoms with van der Waals surface area (Å²) in [5.41, 5.74) is 5.21. The second-order valence-corrected chi connectivity index (χ2v) is 7.22. The molecule has 30 heavy (non-hydrogen) atoms. The zero-order valence-corrected chi connectivity index (χ0v) is 17.2. The standard InChI is InChI=1S/C24H24N4O2/c1-3-4-9-23-26-21-14-25-28(16-22(21)27-23)15-17-10-12-18(13-11-17)19-7-5-6-8-20(19)24(29)30-2/h5-8,10-14,16H,3-4,9,15H2,1-2H3. The van der Waals surface area contributed by atoms with Crippen LogP contribution in [-0.2, 0) is 17.7 Å². The van der Waals surface area contributed by atoms with Crippen LogP contribution in [0.5, 0.6) is 0 Å². The van der Waals surface area contributed by atoms with Crippen LogP contribution in [0.2, 0.25) is 0 Å². The van der Waals surface area contributed by atoms with Crippen molar-refractivity contribution in [3.05, 3.63) is 77.9 Å².